The normalized spacial score (nSPS) is 11.7. The summed E-state index contributed by atoms with van der Waals surface area (Å²) in [5, 5.41) is 0. The van der Waals surface area contributed by atoms with Crippen LogP contribution in [0, 0.1) is 0 Å². The van der Waals surface area contributed by atoms with Crippen LogP contribution < -0.4 is 5.73 Å². The van der Waals surface area contributed by atoms with Crippen LogP contribution in [0.1, 0.15) is 6.92 Å². The fourth-order valence-electron chi connectivity index (χ4n) is 0. The first-order valence-electron chi connectivity index (χ1n) is 1.65. The Morgan fingerprint density at radius 1 is 1.86 bits per heavy atom. The van der Waals surface area contributed by atoms with Crippen LogP contribution in [0.25, 0.3) is 5.73 Å². The van der Waals surface area contributed by atoms with Crippen molar-refractivity contribution >= 4 is 5.91 Å². The van der Waals surface area contributed by atoms with Crippen molar-refractivity contribution in [3.8, 4) is 0 Å². The number of hydrogen-bond acceptors (Lipinski definition) is 1. The van der Waals surface area contributed by atoms with Crippen molar-refractivity contribution < 1.29 is 37.5 Å². The zero-order valence-electron chi connectivity index (χ0n) is 4.14. The van der Waals surface area contributed by atoms with Crippen LogP contribution >= 0.6 is 0 Å². The van der Waals surface area contributed by atoms with Crippen LogP contribution in [-0.2, 0) is 37.5 Å². The average Bonchev–Trinajstić information content (AvgIpc) is 1.36. The van der Waals surface area contributed by atoms with Gasteiger partial charge in [0.2, 0.25) is 0 Å². The zero-order chi connectivity index (χ0) is 5.15. The van der Waals surface area contributed by atoms with E-state index in [-0.39, 0.29) is 32.7 Å². The van der Waals surface area contributed by atoms with Crippen LogP contribution in [0.2, 0.25) is 0 Å². The van der Waals surface area contributed by atoms with Crippen LogP contribution in [0.4, 0.5) is 0 Å². The van der Waals surface area contributed by atoms with Gasteiger partial charge in [0.1, 0.15) is 0 Å². The van der Waals surface area contributed by atoms with Gasteiger partial charge in [-0.2, -0.15) is 0 Å². The Bertz CT molecular complexity index is 64.0. The molecule has 0 aliphatic heterocycles. The molecule has 1 atom stereocenters. The van der Waals surface area contributed by atoms with Gasteiger partial charge in [-0.3, -0.25) is 4.79 Å². The second kappa shape index (κ2) is 4.69. The number of primary amides is 1. The number of nitrogens with one attached hydrogen (secondary N) is 1. The Hall–Kier alpha value is 0.534. The minimum Gasteiger partial charge on any atom is -0.667 e. The van der Waals surface area contributed by atoms with Gasteiger partial charge in [-0.15, -0.1) is 0 Å². The van der Waals surface area contributed by atoms with Gasteiger partial charge in [0.25, 0.3) is 0 Å². The maximum Gasteiger partial charge on any atom is 0.199 e. The Morgan fingerprint density at radius 3 is 2.00 bits per heavy atom. The number of carbonyl (C=O) groups is 1. The molecule has 4 heteroatoms. The molecule has 1 unspecified atom stereocenters. The summed E-state index contributed by atoms with van der Waals surface area (Å²) in [5.41, 5.74) is 11.2. The molecule has 0 rings (SSSR count). The summed E-state index contributed by atoms with van der Waals surface area (Å²) >= 11 is 0. The zero-order valence-corrected chi connectivity index (χ0v) is 6.98. The molecule has 0 bridgehead atoms. The fraction of sp³-hybridized carbons (Fsp3) is 0.667. The molecule has 3 nitrogen and oxygen atoms in total. The molecule has 0 aliphatic carbocycles. The second-order valence-corrected chi connectivity index (χ2v) is 1.12. The van der Waals surface area contributed by atoms with E-state index < -0.39 is 11.9 Å². The first-order valence-corrected chi connectivity index (χ1v) is 1.65. The quantitative estimate of drug-likeness (QED) is 0.595. The molecule has 0 spiro atoms. The molecule has 0 heterocycles. The van der Waals surface area contributed by atoms with Crippen molar-refractivity contribution in [2.45, 2.75) is 13.0 Å². The molecule has 0 aromatic heterocycles. The standard InChI is InChI=1S/C3H7N2O.Y/c1-2(4)3(5)6;/h2,4H,1H3,(H2,5,6);/q-1;. The van der Waals surface area contributed by atoms with Gasteiger partial charge in [-0.25, -0.2) is 0 Å². The third-order valence-electron chi connectivity index (χ3n) is 0.427. The van der Waals surface area contributed by atoms with E-state index in [0.29, 0.717) is 0 Å². The molecule has 3 N–H and O–H groups in total. The Balaban J connectivity index is 0. The first-order chi connectivity index (χ1) is 2.64. The first kappa shape index (κ1) is 10.5. The molecule has 0 aromatic rings. The van der Waals surface area contributed by atoms with Gasteiger partial charge in [0.05, 0.1) is 0 Å². The summed E-state index contributed by atoms with van der Waals surface area (Å²) in [5.74, 6) is -0.574. The molecule has 0 fully saturated rings. The third-order valence-corrected chi connectivity index (χ3v) is 0.427. The minimum atomic E-state index is -0.759. The molecule has 1 amide bonds. The van der Waals surface area contributed by atoms with Crippen molar-refractivity contribution in [3.63, 3.8) is 0 Å². The van der Waals surface area contributed by atoms with Crippen molar-refractivity contribution in [3.05, 3.63) is 5.73 Å². The SMILES string of the molecule is CC([NH-])C(N)=O.[Y]. The number of carbonyl (C=O) groups excluding carboxylic acids is 1. The average molecular weight is 176 g/mol. The van der Waals surface area contributed by atoms with Gasteiger partial charge >= 0.3 is 0 Å². The molecule has 0 aromatic carbocycles. The van der Waals surface area contributed by atoms with Crippen LogP contribution in [-0.4, -0.2) is 11.9 Å². The Labute approximate surface area is 67.7 Å². The molecular formula is C3H7N2OY-. The van der Waals surface area contributed by atoms with Crippen molar-refractivity contribution in [1.82, 2.24) is 0 Å². The second-order valence-electron chi connectivity index (χ2n) is 1.12. The van der Waals surface area contributed by atoms with E-state index in [9.17, 15) is 4.79 Å². The summed E-state index contributed by atoms with van der Waals surface area (Å²) in [6.45, 7) is 1.43. The number of rotatable bonds is 1. The van der Waals surface area contributed by atoms with E-state index in [1.54, 1.807) is 0 Å². The molecule has 0 saturated heterocycles. The maximum atomic E-state index is 9.73. The molecule has 0 saturated carbocycles. The molecular weight excluding hydrogens is 169 g/mol. The molecule has 0 aliphatic rings. The van der Waals surface area contributed by atoms with Crippen molar-refractivity contribution in [1.29, 1.82) is 0 Å². The number of amides is 1. The van der Waals surface area contributed by atoms with E-state index in [2.05, 4.69) is 5.73 Å². The third kappa shape index (κ3) is 6.53. The van der Waals surface area contributed by atoms with Crippen LogP contribution in [0.3, 0.4) is 0 Å². The fourth-order valence-corrected chi connectivity index (χ4v) is 0. The topological polar surface area (TPSA) is 66.9 Å². The number of hydrogen-bond donors (Lipinski definition) is 1. The maximum absolute atomic E-state index is 9.73. The summed E-state index contributed by atoms with van der Waals surface area (Å²) in [6, 6.07) is -0.759. The van der Waals surface area contributed by atoms with Crippen LogP contribution in [0.5, 0.6) is 0 Å². The van der Waals surface area contributed by atoms with E-state index in [1.165, 1.54) is 6.92 Å². The van der Waals surface area contributed by atoms with Gasteiger partial charge in [0.15, 0.2) is 5.91 Å². The van der Waals surface area contributed by atoms with Crippen molar-refractivity contribution in [2.75, 3.05) is 0 Å². The summed E-state index contributed by atoms with van der Waals surface area (Å²) in [4.78, 5) is 9.73. The van der Waals surface area contributed by atoms with E-state index in [0.717, 1.165) is 0 Å². The smallest absolute Gasteiger partial charge is 0.199 e. The number of nitrogens with two attached hydrogens (primary N) is 1. The summed E-state index contributed by atoms with van der Waals surface area (Å²) in [7, 11) is 0. The van der Waals surface area contributed by atoms with Crippen LogP contribution in [0.15, 0.2) is 0 Å². The molecule has 39 valence electrons. The van der Waals surface area contributed by atoms with E-state index >= 15 is 0 Å². The molecule has 7 heavy (non-hydrogen) atoms. The van der Waals surface area contributed by atoms with Crippen molar-refractivity contribution in [2.24, 2.45) is 5.73 Å². The predicted molar refractivity (Wildman–Crippen MR) is 23.0 cm³/mol. The largest absolute Gasteiger partial charge is 0.667 e. The Morgan fingerprint density at radius 2 is 2.00 bits per heavy atom. The van der Waals surface area contributed by atoms with Gasteiger partial charge < -0.3 is 11.5 Å². The minimum absolute atomic E-state index is 0. The van der Waals surface area contributed by atoms with E-state index in [1.807, 2.05) is 0 Å². The van der Waals surface area contributed by atoms with E-state index in [4.69, 9.17) is 5.73 Å². The summed E-state index contributed by atoms with van der Waals surface area (Å²) < 4.78 is 0. The van der Waals surface area contributed by atoms with Gasteiger partial charge in [-0.1, -0.05) is 13.0 Å². The predicted octanol–water partition coefficient (Wildman–Crippen LogP) is -0.0901. The summed E-state index contributed by atoms with van der Waals surface area (Å²) in [6.07, 6.45) is 0. The molecule has 1 radical (unpaired) electrons. The monoisotopic (exact) mass is 176 g/mol. The Kier molecular flexibility index (Phi) is 7.03. The van der Waals surface area contributed by atoms with Gasteiger partial charge in [0, 0.05) is 32.7 Å². The van der Waals surface area contributed by atoms with Gasteiger partial charge in [-0.05, 0) is 0 Å².